The fraction of sp³-hybridized carbons (Fsp3) is 0.320. The third-order valence-corrected chi connectivity index (χ3v) is 8.39. The molecule has 2 aliphatic rings. The number of rotatable bonds is 6. The van der Waals surface area contributed by atoms with E-state index in [1.807, 2.05) is 6.92 Å². The Morgan fingerprint density at radius 3 is 2.47 bits per heavy atom. The summed E-state index contributed by atoms with van der Waals surface area (Å²) in [4.78, 5) is 27.3. The average Bonchev–Trinajstić information content (AvgIpc) is 3.52. The van der Waals surface area contributed by atoms with E-state index >= 15 is 0 Å². The predicted octanol–water partition coefficient (Wildman–Crippen LogP) is 3.25. The standard InChI is InChI=1S/C25H26N4O6S/c1-16-21(17(2)35-27-16)14-29-22-13-19(7-10-23(22)34-15-24(29)30)26-25(31)18-5-8-20(9-6-18)36(32,33)28-11-3-4-12-28/h5-10,13H,3-4,11-12,14-15H2,1-2H3,(H,26,31). The summed E-state index contributed by atoms with van der Waals surface area (Å²) >= 11 is 0. The van der Waals surface area contributed by atoms with Gasteiger partial charge in [-0.05, 0) is 69.2 Å². The third-order valence-electron chi connectivity index (χ3n) is 6.48. The molecule has 3 aromatic rings. The Kier molecular flexibility index (Phi) is 6.27. The molecular formula is C25H26N4O6S. The minimum Gasteiger partial charge on any atom is -0.482 e. The number of amides is 2. The van der Waals surface area contributed by atoms with Crippen molar-refractivity contribution < 1.29 is 27.3 Å². The molecule has 5 rings (SSSR count). The molecule has 2 aromatic carbocycles. The van der Waals surface area contributed by atoms with Crippen LogP contribution in [0.2, 0.25) is 0 Å². The van der Waals surface area contributed by atoms with Crippen LogP contribution in [0.4, 0.5) is 11.4 Å². The molecule has 1 aromatic heterocycles. The van der Waals surface area contributed by atoms with E-state index in [0.29, 0.717) is 47.2 Å². The molecule has 0 atom stereocenters. The lowest BCUT2D eigenvalue weighted by atomic mass is 10.1. The molecule has 1 saturated heterocycles. The summed E-state index contributed by atoms with van der Waals surface area (Å²) in [5, 5.41) is 6.77. The highest BCUT2D eigenvalue weighted by Gasteiger charge is 2.29. The van der Waals surface area contributed by atoms with E-state index in [1.54, 1.807) is 30.0 Å². The van der Waals surface area contributed by atoms with Gasteiger partial charge in [-0.2, -0.15) is 4.31 Å². The normalized spacial score (nSPS) is 16.1. The SMILES string of the molecule is Cc1noc(C)c1CN1C(=O)COc2ccc(NC(=O)c3ccc(S(=O)(=O)N4CCCC4)cc3)cc21. The second-order valence-electron chi connectivity index (χ2n) is 8.84. The Labute approximate surface area is 208 Å². The van der Waals surface area contributed by atoms with Crippen LogP contribution in [0.5, 0.6) is 5.75 Å². The fourth-order valence-corrected chi connectivity index (χ4v) is 5.92. The van der Waals surface area contributed by atoms with E-state index in [1.165, 1.54) is 28.6 Å². The van der Waals surface area contributed by atoms with Gasteiger partial charge in [-0.3, -0.25) is 9.59 Å². The first-order chi connectivity index (χ1) is 17.2. The van der Waals surface area contributed by atoms with Gasteiger partial charge in [0.15, 0.2) is 6.61 Å². The maximum absolute atomic E-state index is 12.9. The zero-order valence-corrected chi connectivity index (χ0v) is 20.8. The van der Waals surface area contributed by atoms with Crippen molar-refractivity contribution >= 4 is 33.2 Å². The van der Waals surface area contributed by atoms with Gasteiger partial charge in [0.05, 0.1) is 22.8 Å². The lowest BCUT2D eigenvalue weighted by Gasteiger charge is -2.29. The van der Waals surface area contributed by atoms with Gasteiger partial charge in [0.25, 0.3) is 11.8 Å². The number of nitrogens with one attached hydrogen (secondary N) is 1. The molecule has 1 N–H and O–H groups in total. The second kappa shape index (κ2) is 9.40. The van der Waals surface area contributed by atoms with Gasteiger partial charge in [0.2, 0.25) is 10.0 Å². The molecule has 36 heavy (non-hydrogen) atoms. The van der Waals surface area contributed by atoms with Gasteiger partial charge in [-0.15, -0.1) is 0 Å². The smallest absolute Gasteiger partial charge is 0.265 e. The number of nitrogens with zero attached hydrogens (tertiary/aromatic N) is 3. The van der Waals surface area contributed by atoms with Crippen LogP contribution < -0.4 is 15.0 Å². The first-order valence-electron chi connectivity index (χ1n) is 11.6. The summed E-state index contributed by atoms with van der Waals surface area (Å²) in [6.45, 7) is 4.82. The number of carbonyl (C=O) groups is 2. The Hall–Kier alpha value is -3.70. The molecule has 0 unspecified atom stereocenters. The number of hydrogen-bond donors (Lipinski definition) is 1. The Bertz CT molecular complexity index is 1410. The summed E-state index contributed by atoms with van der Waals surface area (Å²) in [5.74, 6) is 0.532. The third kappa shape index (κ3) is 4.47. The zero-order valence-electron chi connectivity index (χ0n) is 20.0. The molecule has 0 saturated carbocycles. The topological polar surface area (TPSA) is 122 Å². The van der Waals surface area contributed by atoms with Crippen LogP contribution >= 0.6 is 0 Å². The van der Waals surface area contributed by atoms with Crippen molar-refractivity contribution in [3.05, 3.63) is 65.0 Å². The number of hydrogen-bond acceptors (Lipinski definition) is 7. The van der Waals surface area contributed by atoms with E-state index in [4.69, 9.17) is 9.26 Å². The molecule has 3 heterocycles. The summed E-state index contributed by atoms with van der Waals surface area (Å²) in [7, 11) is -3.55. The van der Waals surface area contributed by atoms with Crippen molar-refractivity contribution in [1.29, 1.82) is 0 Å². The molecule has 2 amide bonds. The summed E-state index contributed by atoms with van der Waals surface area (Å²) < 4.78 is 37.7. The molecule has 0 radical (unpaired) electrons. The first-order valence-corrected chi connectivity index (χ1v) is 13.1. The van der Waals surface area contributed by atoms with E-state index < -0.39 is 15.9 Å². The number of anilines is 2. The number of carbonyl (C=O) groups excluding carboxylic acids is 2. The number of ether oxygens (including phenoxy) is 1. The number of aryl methyl sites for hydroxylation is 2. The fourth-order valence-electron chi connectivity index (χ4n) is 4.40. The van der Waals surface area contributed by atoms with Crippen molar-refractivity contribution in [2.24, 2.45) is 0 Å². The van der Waals surface area contributed by atoms with Crippen molar-refractivity contribution in [3.63, 3.8) is 0 Å². The minimum atomic E-state index is -3.55. The van der Waals surface area contributed by atoms with E-state index in [0.717, 1.165) is 18.4 Å². The monoisotopic (exact) mass is 510 g/mol. The summed E-state index contributed by atoms with van der Waals surface area (Å²) in [6, 6.07) is 11.0. The maximum Gasteiger partial charge on any atom is 0.265 e. The highest BCUT2D eigenvalue weighted by Crippen LogP contribution is 2.36. The molecule has 0 bridgehead atoms. The molecule has 0 aliphatic carbocycles. The Morgan fingerprint density at radius 2 is 1.81 bits per heavy atom. The molecule has 1 fully saturated rings. The van der Waals surface area contributed by atoms with Crippen molar-refractivity contribution in [3.8, 4) is 5.75 Å². The van der Waals surface area contributed by atoms with Crippen LogP contribution in [-0.4, -0.2) is 49.4 Å². The van der Waals surface area contributed by atoms with E-state index in [2.05, 4.69) is 10.5 Å². The highest BCUT2D eigenvalue weighted by molar-refractivity contribution is 7.89. The molecule has 2 aliphatic heterocycles. The number of aromatic nitrogens is 1. The molecule has 10 nitrogen and oxygen atoms in total. The van der Waals surface area contributed by atoms with Gasteiger partial charge in [-0.25, -0.2) is 8.42 Å². The number of benzene rings is 2. The molecular weight excluding hydrogens is 484 g/mol. The first kappa shape index (κ1) is 24.0. The van der Waals surface area contributed by atoms with Crippen LogP contribution in [-0.2, 0) is 21.4 Å². The summed E-state index contributed by atoms with van der Waals surface area (Å²) in [6.07, 6.45) is 1.71. The van der Waals surface area contributed by atoms with Gasteiger partial charge < -0.3 is 19.5 Å². The van der Waals surface area contributed by atoms with E-state index in [9.17, 15) is 18.0 Å². The number of fused-ring (bicyclic) bond motifs is 1. The van der Waals surface area contributed by atoms with Gasteiger partial charge in [-0.1, -0.05) is 5.16 Å². The van der Waals surface area contributed by atoms with Crippen LogP contribution in [0.1, 0.15) is 40.2 Å². The molecule has 11 heteroatoms. The lowest BCUT2D eigenvalue weighted by molar-refractivity contribution is -0.121. The van der Waals surface area contributed by atoms with Gasteiger partial charge in [0, 0.05) is 29.9 Å². The zero-order chi connectivity index (χ0) is 25.4. The van der Waals surface area contributed by atoms with Crippen LogP contribution in [0.3, 0.4) is 0 Å². The average molecular weight is 511 g/mol. The Balaban J connectivity index is 1.35. The van der Waals surface area contributed by atoms with Gasteiger partial charge in [0.1, 0.15) is 11.5 Å². The molecule has 0 spiro atoms. The van der Waals surface area contributed by atoms with Crippen LogP contribution in [0.25, 0.3) is 0 Å². The highest BCUT2D eigenvalue weighted by atomic mass is 32.2. The summed E-state index contributed by atoms with van der Waals surface area (Å²) in [5.41, 5.74) is 2.82. The maximum atomic E-state index is 12.9. The van der Waals surface area contributed by atoms with Crippen molar-refractivity contribution in [2.45, 2.75) is 38.1 Å². The number of sulfonamides is 1. The van der Waals surface area contributed by atoms with Crippen molar-refractivity contribution in [2.75, 3.05) is 29.9 Å². The quantitative estimate of drug-likeness (QED) is 0.540. The van der Waals surface area contributed by atoms with Crippen LogP contribution in [0, 0.1) is 13.8 Å². The van der Waals surface area contributed by atoms with Gasteiger partial charge >= 0.3 is 0 Å². The van der Waals surface area contributed by atoms with Crippen LogP contribution in [0.15, 0.2) is 51.9 Å². The lowest BCUT2D eigenvalue weighted by Crippen LogP contribution is -2.38. The molecule has 188 valence electrons. The van der Waals surface area contributed by atoms with Crippen molar-refractivity contribution in [1.82, 2.24) is 9.46 Å². The largest absolute Gasteiger partial charge is 0.482 e. The Morgan fingerprint density at radius 1 is 1.08 bits per heavy atom. The van der Waals surface area contributed by atoms with E-state index in [-0.39, 0.29) is 24.0 Å². The minimum absolute atomic E-state index is 0.0885. The second-order valence-corrected chi connectivity index (χ2v) is 10.8. The predicted molar refractivity (Wildman–Crippen MR) is 131 cm³/mol.